The number of rotatable bonds is 7. The van der Waals surface area contributed by atoms with Crippen LogP contribution in [0.4, 0.5) is 0 Å². The zero-order valence-electron chi connectivity index (χ0n) is 17.2. The fourth-order valence-corrected chi connectivity index (χ4v) is 4.14. The molecule has 0 bridgehead atoms. The van der Waals surface area contributed by atoms with Crippen molar-refractivity contribution in [1.82, 2.24) is 9.47 Å². The summed E-state index contributed by atoms with van der Waals surface area (Å²) in [5.41, 5.74) is 4.74. The lowest BCUT2D eigenvalue weighted by molar-refractivity contribution is 0.0365. The van der Waals surface area contributed by atoms with Crippen LogP contribution in [0.15, 0.2) is 48.5 Å². The largest absolute Gasteiger partial charge is 0.380 e. The summed E-state index contributed by atoms with van der Waals surface area (Å²) >= 11 is 0. The molecule has 1 fully saturated rings. The summed E-state index contributed by atoms with van der Waals surface area (Å²) in [5.74, 6) is 0.0767. The van der Waals surface area contributed by atoms with Gasteiger partial charge >= 0.3 is 0 Å². The Kier molecular flexibility index (Phi) is 6.09. The number of carbonyl (C=O) groups is 1. The van der Waals surface area contributed by atoms with Crippen LogP contribution >= 0.6 is 0 Å². The molecule has 0 aliphatic carbocycles. The van der Waals surface area contributed by atoms with E-state index in [1.807, 2.05) is 36.4 Å². The predicted octanol–water partition coefficient (Wildman–Crippen LogP) is 3.66. The van der Waals surface area contributed by atoms with Crippen molar-refractivity contribution in [2.45, 2.75) is 20.1 Å². The standard InChI is InChI=1S/C24H28N2O3/c1-18-23(24(27)20-9-7-19(8-10-20)17-28-2)21-5-3-4-6-22(21)26(18)12-11-25-13-15-29-16-14-25/h3-10H,11-17H2,1-2H3. The Labute approximate surface area is 171 Å². The number of ether oxygens (including phenoxy) is 2. The number of morpholine rings is 1. The summed E-state index contributed by atoms with van der Waals surface area (Å²) in [4.78, 5) is 15.8. The van der Waals surface area contributed by atoms with E-state index in [1.54, 1.807) is 7.11 Å². The smallest absolute Gasteiger partial charge is 0.195 e. The maximum absolute atomic E-state index is 13.4. The van der Waals surface area contributed by atoms with Crippen LogP contribution in [0.25, 0.3) is 10.9 Å². The van der Waals surface area contributed by atoms with Crippen LogP contribution in [-0.2, 0) is 22.6 Å². The van der Waals surface area contributed by atoms with Gasteiger partial charge in [0.1, 0.15) is 0 Å². The number of benzene rings is 2. The van der Waals surface area contributed by atoms with Crippen LogP contribution in [0.2, 0.25) is 0 Å². The molecule has 5 heteroatoms. The highest BCUT2D eigenvalue weighted by atomic mass is 16.5. The molecule has 2 aromatic carbocycles. The second kappa shape index (κ2) is 8.91. The summed E-state index contributed by atoms with van der Waals surface area (Å²) in [5, 5.41) is 1.03. The van der Waals surface area contributed by atoms with E-state index in [-0.39, 0.29) is 5.78 Å². The van der Waals surface area contributed by atoms with E-state index < -0.39 is 0 Å². The van der Waals surface area contributed by atoms with Crippen molar-refractivity contribution in [1.29, 1.82) is 0 Å². The molecule has 4 rings (SSSR count). The first-order chi connectivity index (χ1) is 14.2. The Morgan fingerprint density at radius 1 is 1.03 bits per heavy atom. The van der Waals surface area contributed by atoms with E-state index in [9.17, 15) is 4.79 Å². The maximum Gasteiger partial charge on any atom is 0.195 e. The number of nitrogens with zero attached hydrogens (tertiary/aromatic N) is 2. The van der Waals surface area contributed by atoms with Gasteiger partial charge < -0.3 is 14.0 Å². The first-order valence-electron chi connectivity index (χ1n) is 10.2. The number of fused-ring (bicyclic) bond motifs is 1. The van der Waals surface area contributed by atoms with Crippen LogP contribution < -0.4 is 0 Å². The molecule has 1 aliphatic rings. The van der Waals surface area contributed by atoms with E-state index in [4.69, 9.17) is 9.47 Å². The van der Waals surface area contributed by atoms with E-state index >= 15 is 0 Å². The molecule has 1 aromatic heterocycles. The SMILES string of the molecule is COCc1ccc(C(=O)c2c(C)n(CCN3CCOCC3)c3ccccc23)cc1. The molecule has 1 saturated heterocycles. The van der Waals surface area contributed by atoms with Crippen molar-refractivity contribution in [2.75, 3.05) is 40.0 Å². The lowest BCUT2D eigenvalue weighted by Gasteiger charge is -2.27. The van der Waals surface area contributed by atoms with Crippen LogP contribution in [0.5, 0.6) is 0 Å². The fourth-order valence-electron chi connectivity index (χ4n) is 4.14. The van der Waals surface area contributed by atoms with Crippen molar-refractivity contribution in [3.05, 3.63) is 70.9 Å². The van der Waals surface area contributed by atoms with Gasteiger partial charge in [-0.3, -0.25) is 9.69 Å². The highest BCUT2D eigenvalue weighted by molar-refractivity contribution is 6.17. The normalized spacial score (nSPS) is 15.1. The monoisotopic (exact) mass is 392 g/mol. The zero-order chi connectivity index (χ0) is 20.2. The third kappa shape index (κ3) is 4.13. The van der Waals surface area contributed by atoms with Gasteiger partial charge in [-0.25, -0.2) is 0 Å². The minimum absolute atomic E-state index is 0.0767. The molecule has 5 nitrogen and oxygen atoms in total. The van der Waals surface area contributed by atoms with Crippen molar-refractivity contribution < 1.29 is 14.3 Å². The molecule has 0 unspecified atom stereocenters. The van der Waals surface area contributed by atoms with Gasteiger partial charge in [0.05, 0.1) is 25.4 Å². The number of hydrogen-bond acceptors (Lipinski definition) is 4. The third-order valence-corrected chi connectivity index (χ3v) is 5.73. The average Bonchev–Trinajstić information content (AvgIpc) is 3.04. The Morgan fingerprint density at radius 2 is 1.76 bits per heavy atom. The number of hydrogen-bond donors (Lipinski definition) is 0. The van der Waals surface area contributed by atoms with E-state index in [0.29, 0.717) is 12.2 Å². The van der Waals surface area contributed by atoms with Gasteiger partial charge in [0.25, 0.3) is 0 Å². The van der Waals surface area contributed by atoms with Gasteiger partial charge in [0.2, 0.25) is 0 Å². The van der Waals surface area contributed by atoms with E-state index in [0.717, 1.165) is 67.1 Å². The highest BCUT2D eigenvalue weighted by Crippen LogP contribution is 2.28. The summed E-state index contributed by atoms with van der Waals surface area (Å²) in [6.45, 7) is 7.98. The van der Waals surface area contributed by atoms with Gasteiger partial charge in [0.15, 0.2) is 5.78 Å². The molecule has 1 aliphatic heterocycles. The van der Waals surface area contributed by atoms with Crippen LogP contribution in [0.3, 0.4) is 0 Å². The van der Waals surface area contributed by atoms with Gasteiger partial charge in [-0.2, -0.15) is 0 Å². The first kappa shape index (κ1) is 19.8. The molecule has 0 saturated carbocycles. The number of methoxy groups -OCH3 is 1. The van der Waals surface area contributed by atoms with Gasteiger partial charge in [0, 0.05) is 55.4 Å². The second-order valence-electron chi connectivity index (χ2n) is 7.54. The van der Waals surface area contributed by atoms with Crippen LogP contribution in [-0.4, -0.2) is 55.2 Å². The molecule has 2 heterocycles. The minimum atomic E-state index is 0.0767. The number of ketones is 1. The number of para-hydroxylation sites is 1. The first-order valence-corrected chi connectivity index (χ1v) is 10.2. The van der Waals surface area contributed by atoms with Gasteiger partial charge in [-0.1, -0.05) is 42.5 Å². The Bertz CT molecular complexity index is 985. The minimum Gasteiger partial charge on any atom is -0.380 e. The van der Waals surface area contributed by atoms with E-state index in [2.05, 4.69) is 28.5 Å². The average molecular weight is 392 g/mol. The van der Waals surface area contributed by atoms with Gasteiger partial charge in [-0.05, 0) is 18.6 Å². The van der Waals surface area contributed by atoms with Crippen molar-refractivity contribution in [2.24, 2.45) is 0 Å². The summed E-state index contributed by atoms with van der Waals surface area (Å²) in [7, 11) is 1.67. The second-order valence-corrected chi connectivity index (χ2v) is 7.54. The molecule has 0 amide bonds. The maximum atomic E-state index is 13.4. The Balaban J connectivity index is 1.65. The van der Waals surface area contributed by atoms with Crippen LogP contribution in [0.1, 0.15) is 27.2 Å². The third-order valence-electron chi connectivity index (χ3n) is 5.73. The van der Waals surface area contributed by atoms with E-state index in [1.165, 1.54) is 0 Å². The zero-order valence-corrected chi connectivity index (χ0v) is 17.2. The fraction of sp³-hybridized carbons (Fsp3) is 0.375. The molecule has 29 heavy (non-hydrogen) atoms. The summed E-state index contributed by atoms with van der Waals surface area (Å²) in [6, 6.07) is 15.9. The van der Waals surface area contributed by atoms with Crippen molar-refractivity contribution in [3.8, 4) is 0 Å². The topological polar surface area (TPSA) is 43.7 Å². The molecule has 152 valence electrons. The summed E-state index contributed by atoms with van der Waals surface area (Å²) in [6.07, 6.45) is 0. The molecular weight excluding hydrogens is 364 g/mol. The van der Waals surface area contributed by atoms with Crippen LogP contribution in [0, 0.1) is 6.92 Å². The lowest BCUT2D eigenvalue weighted by atomic mass is 9.99. The summed E-state index contributed by atoms with van der Waals surface area (Å²) < 4.78 is 12.9. The number of aromatic nitrogens is 1. The highest BCUT2D eigenvalue weighted by Gasteiger charge is 2.21. The van der Waals surface area contributed by atoms with Crippen molar-refractivity contribution >= 4 is 16.7 Å². The predicted molar refractivity (Wildman–Crippen MR) is 115 cm³/mol. The number of carbonyl (C=O) groups excluding carboxylic acids is 1. The molecule has 3 aromatic rings. The quantitative estimate of drug-likeness (QED) is 0.576. The van der Waals surface area contributed by atoms with Gasteiger partial charge in [-0.15, -0.1) is 0 Å². The lowest BCUT2D eigenvalue weighted by Crippen LogP contribution is -2.38. The Morgan fingerprint density at radius 3 is 2.48 bits per heavy atom. The molecule has 0 atom stereocenters. The molecule has 0 spiro atoms. The molecule has 0 N–H and O–H groups in total. The molecular formula is C24H28N2O3. The van der Waals surface area contributed by atoms with Crippen molar-refractivity contribution in [3.63, 3.8) is 0 Å². The Hall–Kier alpha value is -2.47. The molecule has 0 radical (unpaired) electrons.